The number of carboxylic acids is 1. The van der Waals surface area contributed by atoms with E-state index < -0.39 is 17.4 Å². The molecule has 2 rings (SSSR count). The maximum absolute atomic E-state index is 11.9. The summed E-state index contributed by atoms with van der Waals surface area (Å²) in [5.74, 6) is -1.49. The number of ether oxygens (including phenoxy) is 1. The predicted molar refractivity (Wildman–Crippen MR) is 74.2 cm³/mol. The summed E-state index contributed by atoms with van der Waals surface area (Å²) in [5.41, 5.74) is 0.677. The third-order valence-corrected chi connectivity index (χ3v) is 3.40. The Bertz CT molecular complexity index is 545. The smallest absolute Gasteiger partial charge is 0.331 e. The fraction of sp³-hybridized carbons (Fsp3) is 0.333. The molecule has 1 aromatic carbocycles. The zero-order valence-electron chi connectivity index (χ0n) is 11.3. The summed E-state index contributed by atoms with van der Waals surface area (Å²) >= 11 is 0. The molecule has 1 saturated heterocycles. The standard InChI is InChI=1S/C15H17NO4/c1-11-4-2-3-5-12(11)6-7-13(17)16-15(14(18)19)8-9-20-10-15/h2-7H,8-10H2,1H3,(H,16,17)(H,18,19). The normalized spacial score (nSPS) is 22.1. The van der Waals surface area contributed by atoms with Crippen LogP contribution in [0.5, 0.6) is 0 Å². The minimum Gasteiger partial charge on any atom is -0.479 e. The summed E-state index contributed by atoms with van der Waals surface area (Å²) in [6.45, 7) is 2.29. The van der Waals surface area contributed by atoms with Crippen molar-refractivity contribution < 1.29 is 19.4 Å². The number of carbonyl (C=O) groups excluding carboxylic acids is 1. The highest BCUT2D eigenvalue weighted by atomic mass is 16.5. The van der Waals surface area contributed by atoms with E-state index in [1.807, 2.05) is 31.2 Å². The lowest BCUT2D eigenvalue weighted by molar-refractivity contribution is -0.147. The highest BCUT2D eigenvalue weighted by Gasteiger charge is 2.43. The first-order valence-corrected chi connectivity index (χ1v) is 6.40. The number of amides is 1. The molecule has 0 radical (unpaired) electrons. The number of carbonyl (C=O) groups is 2. The van der Waals surface area contributed by atoms with Crippen molar-refractivity contribution in [3.05, 3.63) is 41.5 Å². The first-order valence-electron chi connectivity index (χ1n) is 6.40. The molecule has 2 N–H and O–H groups in total. The van der Waals surface area contributed by atoms with Gasteiger partial charge in [0.15, 0.2) is 5.54 Å². The molecule has 5 heteroatoms. The zero-order chi connectivity index (χ0) is 14.6. The second kappa shape index (κ2) is 5.88. The maximum Gasteiger partial charge on any atom is 0.331 e. The second-order valence-electron chi connectivity index (χ2n) is 4.87. The van der Waals surface area contributed by atoms with Crippen molar-refractivity contribution in [2.75, 3.05) is 13.2 Å². The number of hydrogen-bond acceptors (Lipinski definition) is 3. The van der Waals surface area contributed by atoms with Gasteiger partial charge in [0.25, 0.3) is 0 Å². The number of carboxylic acid groups (broad SMARTS) is 1. The van der Waals surface area contributed by atoms with E-state index in [0.29, 0.717) is 6.61 Å². The molecule has 1 aromatic rings. The van der Waals surface area contributed by atoms with Gasteiger partial charge in [-0.3, -0.25) is 4.79 Å². The van der Waals surface area contributed by atoms with E-state index in [9.17, 15) is 14.7 Å². The Labute approximate surface area is 117 Å². The molecule has 5 nitrogen and oxygen atoms in total. The summed E-state index contributed by atoms with van der Waals surface area (Å²) in [4.78, 5) is 23.1. The second-order valence-corrected chi connectivity index (χ2v) is 4.87. The molecule has 1 aliphatic rings. The highest BCUT2D eigenvalue weighted by Crippen LogP contribution is 2.19. The van der Waals surface area contributed by atoms with Crippen molar-refractivity contribution in [3.63, 3.8) is 0 Å². The largest absolute Gasteiger partial charge is 0.479 e. The molecule has 0 spiro atoms. The molecule has 0 aliphatic carbocycles. The Morgan fingerprint density at radius 1 is 1.40 bits per heavy atom. The first-order chi connectivity index (χ1) is 9.53. The average Bonchev–Trinajstić information content (AvgIpc) is 2.88. The van der Waals surface area contributed by atoms with Gasteiger partial charge in [0, 0.05) is 19.1 Å². The lowest BCUT2D eigenvalue weighted by Crippen LogP contribution is -2.54. The summed E-state index contributed by atoms with van der Waals surface area (Å²) in [6.07, 6.45) is 3.31. The quantitative estimate of drug-likeness (QED) is 0.814. The third-order valence-electron chi connectivity index (χ3n) is 3.40. The number of hydrogen-bond donors (Lipinski definition) is 2. The van der Waals surface area contributed by atoms with Gasteiger partial charge in [-0.1, -0.05) is 24.3 Å². The minimum absolute atomic E-state index is 0.00623. The summed E-state index contributed by atoms with van der Waals surface area (Å²) < 4.78 is 5.08. The Balaban J connectivity index is 2.05. The van der Waals surface area contributed by atoms with E-state index in [4.69, 9.17) is 4.74 Å². The summed E-state index contributed by atoms with van der Waals surface area (Å²) in [6, 6.07) is 7.64. The Morgan fingerprint density at radius 2 is 2.15 bits per heavy atom. The van der Waals surface area contributed by atoms with Crippen LogP contribution in [0.3, 0.4) is 0 Å². The van der Waals surface area contributed by atoms with Gasteiger partial charge in [0.05, 0.1) is 6.61 Å². The topological polar surface area (TPSA) is 75.6 Å². The minimum atomic E-state index is -1.30. The van der Waals surface area contributed by atoms with Gasteiger partial charge in [-0.15, -0.1) is 0 Å². The number of benzene rings is 1. The fourth-order valence-electron chi connectivity index (χ4n) is 2.10. The van der Waals surface area contributed by atoms with Crippen molar-refractivity contribution in [1.82, 2.24) is 5.32 Å². The van der Waals surface area contributed by atoms with Gasteiger partial charge in [-0.05, 0) is 24.1 Å². The molecule has 20 heavy (non-hydrogen) atoms. The average molecular weight is 275 g/mol. The van der Waals surface area contributed by atoms with Crippen LogP contribution < -0.4 is 5.32 Å². The van der Waals surface area contributed by atoms with E-state index in [0.717, 1.165) is 11.1 Å². The van der Waals surface area contributed by atoms with Crippen LogP contribution in [0.25, 0.3) is 6.08 Å². The van der Waals surface area contributed by atoms with Crippen LogP contribution in [0.4, 0.5) is 0 Å². The van der Waals surface area contributed by atoms with Gasteiger partial charge in [0.2, 0.25) is 5.91 Å². The monoisotopic (exact) mass is 275 g/mol. The van der Waals surface area contributed by atoms with Crippen LogP contribution >= 0.6 is 0 Å². The SMILES string of the molecule is Cc1ccccc1C=CC(=O)NC1(C(=O)O)CCOC1. The number of nitrogens with one attached hydrogen (secondary N) is 1. The molecule has 1 amide bonds. The summed E-state index contributed by atoms with van der Waals surface area (Å²) in [7, 11) is 0. The van der Waals surface area contributed by atoms with E-state index in [1.165, 1.54) is 6.08 Å². The predicted octanol–water partition coefficient (Wildman–Crippen LogP) is 1.37. The van der Waals surface area contributed by atoms with Crippen LogP contribution in [0.15, 0.2) is 30.3 Å². The zero-order valence-corrected chi connectivity index (χ0v) is 11.3. The van der Waals surface area contributed by atoms with Gasteiger partial charge < -0.3 is 15.2 Å². The van der Waals surface area contributed by atoms with E-state index >= 15 is 0 Å². The van der Waals surface area contributed by atoms with Crippen molar-refractivity contribution in [2.45, 2.75) is 18.9 Å². The lowest BCUT2D eigenvalue weighted by Gasteiger charge is -2.22. The van der Waals surface area contributed by atoms with Crippen molar-refractivity contribution in [3.8, 4) is 0 Å². The fourth-order valence-corrected chi connectivity index (χ4v) is 2.10. The van der Waals surface area contributed by atoms with Crippen LogP contribution in [-0.4, -0.2) is 35.7 Å². The van der Waals surface area contributed by atoms with Crippen molar-refractivity contribution >= 4 is 18.0 Å². The van der Waals surface area contributed by atoms with E-state index in [2.05, 4.69) is 5.32 Å². The highest BCUT2D eigenvalue weighted by molar-refractivity contribution is 5.96. The number of aliphatic carboxylic acids is 1. The van der Waals surface area contributed by atoms with Crippen LogP contribution in [0, 0.1) is 6.92 Å². The molecule has 1 heterocycles. The Kier molecular flexibility index (Phi) is 4.20. The first kappa shape index (κ1) is 14.3. The van der Waals surface area contributed by atoms with Crippen LogP contribution in [0.2, 0.25) is 0 Å². The van der Waals surface area contributed by atoms with Crippen molar-refractivity contribution in [1.29, 1.82) is 0 Å². The molecule has 0 bridgehead atoms. The van der Waals surface area contributed by atoms with E-state index in [1.54, 1.807) is 6.08 Å². The summed E-state index contributed by atoms with van der Waals surface area (Å²) in [5, 5.41) is 11.8. The molecule has 106 valence electrons. The molecule has 0 aromatic heterocycles. The molecule has 1 fully saturated rings. The van der Waals surface area contributed by atoms with Crippen LogP contribution in [0.1, 0.15) is 17.5 Å². The molecular formula is C15H17NO4. The molecular weight excluding hydrogens is 258 g/mol. The number of rotatable bonds is 4. The van der Waals surface area contributed by atoms with Crippen molar-refractivity contribution in [2.24, 2.45) is 0 Å². The van der Waals surface area contributed by atoms with Crippen LogP contribution in [-0.2, 0) is 14.3 Å². The maximum atomic E-state index is 11.9. The van der Waals surface area contributed by atoms with E-state index in [-0.39, 0.29) is 13.0 Å². The van der Waals surface area contributed by atoms with Gasteiger partial charge in [-0.25, -0.2) is 4.79 Å². The van der Waals surface area contributed by atoms with Gasteiger partial charge in [0.1, 0.15) is 0 Å². The Morgan fingerprint density at radius 3 is 2.75 bits per heavy atom. The van der Waals surface area contributed by atoms with Gasteiger partial charge in [-0.2, -0.15) is 0 Å². The lowest BCUT2D eigenvalue weighted by atomic mass is 9.99. The Hall–Kier alpha value is -2.14. The third kappa shape index (κ3) is 3.05. The number of aryl methyl sites for hydroxylation is 1. The van der Waals surface area contributed by atoms with Gasteiger partial charge >= 0.3 is 5.97 Å². The molecule has 1 atom stereocenters. The molecule has 0 saturated carbocycles. The molecule has 1 aliphatic heterocycles. The molecule has 1 unspecified atom stereocenters.